The van der Waals surface area contributed by atoms with E-state index in [-0.39, 0.29) is 28.8 Å². The van der Waals surface area contributed by atoms with Crippen LogP contribution in [0.4, 0.5) is 5.69 Å². The summed E-state index contributed by atoms with van der Waals surface area (Å²) in [6.45, 7) is 0.462. The van der Waals surface area contributed by atoms with Crippen molar-refractivity contribution in [3.63, 3.8) is 0 Å². The summed E-state index contributed by atoms with van der Waals surface area (Å²) in [6, 6.07) is 13.1. The smallest absolute Gasteiger partial charge is 0.240 e. The molecule has 0 radical (unpaired) electrons. The molecule has 1 unspecified atom stereocenters. The maximum absolute atomic E-state index is 13.0. The number of halogens is 1. The Morgan fingerprint density at radius 1 is 1.10 bits per heavy atom. The lowest BCUT2D eigenvalue weighted by Gasteiger charge is -2.24. The second kappa shape index (κ2) is 11.4. The van der Waals surface area contributed by atoms with Gasteiger partial charge in [0.05, 0.1) is 24.7 Å². The fourth-order valence-electron chi connectivity index (χ4n) is 4.54. The number of anilines is 1. The third-order valence-electron chi connectivity index (χ3n) is 6.97. The summed E-state index contributed by atoms with van der Waals surface area (Å²) in [5, 5.41) is 5.89. The standard InChI is InChI=1S/C29H29ClN4O5/c1-37-24-15-20-22(16-25(24)38-2)31-13-9-23(20)39-26-21(30)14-19(17-33-26)34-28(36)29(10-11-29)27(35)32-12-8-18-6-4-3-5-7-18/h3-7,9,13-15,17,25H,8,10-12,16H2,1-2H3,(H,32,35)(H,34,36). The van der Waals surface area contributed by atoms with Gasteiger partial charge in [-0.2, -0.15) is 0 Å². The molecule has 2 N–H and O–H groups in total. The van der Waals surface area contributed by atoms with Gasteiger partial charge in [-0.15, -0.1) is 0 Å². The highest BCUT2D eigenvalue weighted by Gasteiger charge is 2.56. The van der Waals surface area contributed by atoms with Crippen molar-refractivity contribution in [1.29, 1.82) is 0 Å². The zero-order chi connectivity index (χ0) is 27.4. The van der Waals surface area contributed by atoms with Crippen LogP contribution >= 0.6 is 11.6 Å². The number of hydrogen-bond acceptors (Lipinski definition) is 7. The molecule has 1 saturated carbocycles. The molecule has 1 fully saturated rings. The fraction of sp³-hybridized carbons (Fsp3) is 0.310. The Balaban J connectivity index is 1.23. The zero-order valence-electron chi connectivity index (χ0n) is 21.7. The van der Waals surface area contributed by atoms with Crippen LogP contribution in [0.2, 0.25) is 5.02 Å². The Hall–Kier alpha value is -3.95. The van der Waals surface area contributed by atoms with E-state index in [2.05, 4.69) is 20.6 Å². The highest BCUT2D eigenvalue weighted by molar-refractivity contribution is 6.32. The number of hydrogen-bond donors (Lipinski definition) is 2. The van der Waals surface area contributed by atoms with E-state index in [1.165, 1.54) is 6.20 Å². The van der Waals surface area contributed by atoms with E-state index in [1.807, 2.05) is 36.4 Å². The van der Waals surface area contributed by atoms with E-state index in [1.54, 1.807) is 32.5 Å². The summed E-state index contributed by atoms with van der Waals surface area (Å²) < 4.78 is 17.0. The second-order valence-electron chi connectivity index (χ2n) is 9.49. The van der Waals surface area contributed by atoms with Crippen molar-refractivity contribution in [2.24, 2.45) is 5.41 Å². The van der Waals surface area contributed by atoms with Crippen LogP contribution in [0, 0.1) is 5.41 Å². The number of methoxy groups -OCH3 is 2. The van der Waals surface area contributed by atoms with Crippen molar-refractivity contribution in [2.45, 2.75) is 31.8 Å². The van der Waals surface area contributed by atoms with Gasteiger partial charge < -0.3 is 24.8 Å². The maximum Gasteiger partial charge on any atom is 0.240 e. The lowest BCUT2D eigenvalue weighted by Crippen LogP contribution is -2.40. The van der Waals surface area contributed by atoms with Crippen molar-refractivity contribution in [1.82, 2.24) is 15.3 Å². The van der Waals surface area contributed by atoms with Gasteiger partial charge in [0.15, 0.2) is 0 Å². The molecular formula is C29H29ClN4O5. The maximum atomic E-state index is 13.0. The largest absolute Gasteiger partial charge is 0.498 e. The number of amides is 2. The summed E-state index contributed by atoms with van der Waals surface area (Å²) in [4.78, 5) is 34.6. The van der Waals surface area contributed by atoms with Crippen LogP contribution in [0.15, 0.2) is 60.6 Å². The average molecular weight is 549 g/mol. The molecule has 0 bridgehead atoms. The van der Waals surface area contributed by atoms with Gasteiger partial charge in [-0.1, -0.05) is 41.9 Å². The van der Waals surface area contributed by atoms with Crippen LogP contribution in [0.5, 0.6) is 11.6 Å². The first-order valence-corrected chi connectivity index (χ1v) is 13.0. The summed E-state index contributed by atoms with van der Waals surface area (Å²) >= 11 is 6.47. The highest BCUT2D eigenvalue weighted by atomic mass is 35.5. The Morgan fingerprint density at radius 2 is 1.90 bits per heavy atom. The number of ether oxygens (including phenoxy) is 3. The SMILES string of the molecule is COC1=Cc2c(Oc3ncc(NC(=O)C4(C(=O)NCCc5ccccc5)CC4)cc3Cl)ccnc2CC1OC. The van der Waals surface area contributed by atoms with Crippen LogP contribution in [-0.2, 0) is 31.9 Å². The first-order chi connectivity index (χ1) is 18.9. The minimum atomic E-state index is -1.07. The van der Waals surface area contributed by atoms with Crippen LogP contribution in [0.25, 0.3) is 6.08 Å². The zero-order valence-corrected chi connectivity index (χ0v) is 22.5. The van der Waals surface area contributed by atoms with Crippen molar-refractivity contribution in [3.8, 4) is 11.6 Å². The predicted molar refractivity (Wildman–Crippen MR) is 146 cm³/mol. The number of rotatable bonds is 10. The molecule has 2 aliphatic carbocycles. The van der Waals surface area contributed by atoms with Crippen LogP contribution < -0.4 is 15.4 Å². The first-order valence-electron chi connectivity index (χ1n) is 12.7. The molecule has 0 spiro atoms. The number of benzene rings is 1. The summed E-state index contributed by atoms with van der Waals surface area (Å²) in [7, 11) is 3.21. The van der Waals surface area contributed by atoms with Gasteiger partial charge in [0.25, 0.3) is 0 Å². The number of nitrogens with zero attached hydrogens (tertiary/aromatic N) is 2. The molecule has 10 heteroatoms. The summed E-state index contributed by atoms with van der Waals surface area (Å²) in [6.07, 6.45) is 6.92. The minimum absolute atomic E-state index is 0.170. The molecule has 0 saturated heterocycles. The molecule has 202 valence electrons. The molecular weight excluding hydrogens is 520 g/mol. The quantitative estimate of drug-likeness (QED) is 0.357. The third kappa shape index (κ3) is 5.74. The highest BCUT2D eigenvalue weighted by Crippen LogP contribution is 2.47. The lowest BCUT2D eigenvalue weighted by atomic mass is 9.98. The van der Waals surface area contributed by atoms with E-state index >= 15 is 0 Å². The monoisotopic (exact) mass is 548 g/mol. The average Bonchev–Trinajstić information content (AvgIpc) is 3.77. The van der Waals surface area contributed by atoms with Gasteiger partial charge in [-0.05, 0) is 43.0 Å². The Morgan fingerprint density at radius 3 is 2.59 bits per heavy atom. The number of aromatic nitrogens is 2. The minimum Gasteiger partial charge on any atom is -0.498 e. The van der Waals surface area contributed by atoms with Gasteiger partial charge in [0, 0.05) is 31.8 Å². The molecule has 2 amide bonds. The van der Waals surface area contributed by atoms with E-state index in [0.29, 0.717) is 49.4 Å². The number of nitrogens with one attached hydrogen (secondary N) is 2. The molecule has 5 rings (SSSR count). The van der Waals surface area contributed by atoms with Gasteiger partial charge in [0.1, 0.15) is 28.1 Å². The lowest BCUT2D eigenvalue weighted by molar-refractivity contribution is -0.134. The fourth-order valence-corrected chi connectivity index (χ4v) is 4.75. The van der Waals surface area contributed by atoms with Gasteiger partial charge in [-0.25, -0.2) is 4.98 Å². The van der Waals surface area contributed by atoms with Crippen LogP contribution in [-0.4, -0.2) is 48.7 Å². The Kier molecular flexibility index (Phi) is 7.81. The predicted octanol–water partition coefficient (Wildman–Crippen LogP) is 4.56. The van der Waals surface area contributed by atoms with Crippen molar-refractivity contribution in [2.75, 3.05) is 26.1 Å². The van der Waals surface area contributed by atoms with Crippen LogP contribution in [0.1, 0.15) is 29.7 Å². The summed E-state index contributed by atoms with van der Waals surface area (Å²) in [5.41, 5.74) is 1.99. The van der Waals surface area contributed by atoms with E-state index in [4.69, 9.17) is 25.8 Å². The van der Waals surface area contributed by atoms with Crippen molar-refractivity contribution < 1.29 is 23.8 Å². The molecule has 2 aliphatic rings. The van der Waals surface area contributed by atoms with Crippen molar-refractivity contribution in [3.05, 3.63) is 82.5 Å². The number of carbonyl (C=O) groups excluding carboxylic acids is 2. The molecule has 1 atom stereocenters. The Labute approximate surface area is 231 Å². The van der Waals surface area contributed by atoms with E-state index in [9.17, 15) is 9.59 Å². The van der Waals surface area contributed by atoms with E-state index in [0.717, 1.165) is 16.8 Å². The third-order valence-corrected chi connectivity index (χ3v) is 7.24. The van der Waals surface area contributed by atoms with Gasteiger partial charge in [-0.3, -0.25) is 14.6 Å². The molecule has 2 heterocycles. The first kappa shape index (κ1) is 26.6. The normalized spacial score (nSPS) is 16.9. The molecule has 2 aromatic heterocycles. The Bertz CT molecular complexity index is 1410. The number of fused-ring (bicyclic) bond motifs is 1. The molecule has 1 aromatic carbocycles. The molecule has 9 nitrogen and oxygen atoms in total. The number of carbonyl (C=O) groups is 2. The molecule has 3 aromatic rings. The summed E-state index contributed by atoms with van der Waals surface area (Å²) in [5.74, 6) is 0.706. The van der Waals surface area contributed by atoms with Crippen LogP contribution in [0.3, 0.4) is 0 Å². The van der Waals surface area contributed by atoms with Crippen molar-refractivity contribution >= 4 is 35.2 Å². The topological polar surface area (TPSA) is 112 Å². The van der Waals surface area contributed by atoms with Gasteiger partial charge in [0.2, 0.25) is 17.7 Å². The molecule has 0 aliphatic heterocycles. The molecule has 39 heavy (non-hydrogen) atoms. The van der Waals surface area contributed by atoms with Gasteiger partial charge >= 0.3 is 0 Å². The second-order valence-corrected chi connectivity index (χ2v) is 9.90. The van der Waals surface area contributed by atoms with E-state index < -0.39 is 5.41 Å². The number of pyridine rings is 2.